The van der Waals surface area contributed by atoms with E-state index in [4.69, 9.17) is 10.8 Å². The number of aliphatic carboxylic acids is 1. The van der Waals surface area contributed by atoms with Crippen molar-refractivity contribution in [3.8, 4) is 0 Å². The second kappa shape index (κ2) is 5.30. The molecule has 0 aliphatic carbocycles. The molecule has 0 spiro atoms. The Balaban J connectivity index is 2.01. The fourth-order valence-corrected chi connectivity index (χ4v) is 3.01. The van der Waals surface area contributed by atoms with Crippen molar-refractivity contribution in [2.24, 2.45) is 11.1 Å². The molecule has 0 saturated carbocycles. The molecule has 0 radical (unpaired) electrons. The number of amides is 3. The maximum atomic E-state index is 12.5. The lowest BCUT2D eigenvalue weighted by atomic mass is 9.89. The molecule has 3 amide bonds. The zero-order valence-corrected chi connectivity index (χ0v) is 11.7. The Hall–Kier alpha value is -1.79. The van der Waals surface area contributed by atoms with Gasteiger partial charge in [-0.3, -0.25) is 9.59 Å². The third-order valence-electron chi connectivity index (χ3n) is 4.37. The van der Waals surface area contributed by atoms with Crippen LogP contribution in [0.4, 0.5) is 4.79 Å². The number of nitrogens with zero attached hydrogens (tertiary/aromatic N) is 2. The third-order valence-corrected chi connectivity index (χ3v) is 4.37. The standard InChI is InChI=1S/C13H21N3O4/c1-13(11(14)19)4-6-15(8-13)12(20)16-5-2-3-9(16)7-10(17)18/h9H,2-8H2,1H3,(H2,14,19)(H,17,18). The van der Waals surface area contributed by atoms with Crippen LogP contribution in [0, 0.1) is 5.41 Å². The fourth-order valence-electron chi connectivity index (χ4n) is 3.01. The van der Waals surface area contributed by atoms with Crippen molar-refractivity contribution < 1.29 is 19.5 Å². The van der Waals surface area contributed by atoms with E-state index in [1.54, 1.807) is 16.7 Å². The number of rotatable bonds is 3. The molecule has 2 aliphatic heterocycles. The summed E-state index contributed by atoms with van der Waals surface area (Å²) in [5.41, 5.74) is 4.70. The number of hydrogen-bond acceptors (Lipinski definition) is 3. The first kappa shape index (κ1) is 14.6. The summed E-state index contributed by atoms with van der Waals surface area (Å²) in [5.74, 6) is -1.28. The van der Waals surface area contributed by atoms with Crippen molar-refractivity contribution in [1.29, 1.82) is 0 Å². The lowest BCUT2D eigenvalue weighted by Gasteiger charge is -2.29. The molecular weight excluding hydrogens is 262 g/mol. The number of urea groups is 1. The number of hydrogen-bond donors (Lipinski definition) is 2. The van der Waals surface area contributed by atoms with Crippen LogP contribution in [-0.2, 0) is 9.59 Å². The Morgan fingerprint density at radius 2 is 2.05 bits per heavy atom. The van der Waals surface area contributed by atoms with Crippen LogP contribution >= 0.6 is 0 Å². The van der Waals surface area contributed by atoms with Gasteiger partial charge in [-0.2, -0.15) is 0 Å². The van der Waals surface area contributed by atoms with Crippen LogP contribution < -0.4 is 5.73 Å². The summed E-state index contributed by atoms with van der Waals surface area (Å²) < 4.78 is 0. The van der Waals surface area contributed by atoms with Crippen LogP contribution in [0.25, 0.3) is 0 Å². The van der Waals surface area contributed by atoms with Crippen molar-refractivity contribution in [2.45, 2.75) is 38.6 Å². The molecule has 2 rings (SSSR count). The predicted molar refractivity (Wildman–Crippen MR) is 70.9 cm³/mol. The van der Waals surface area contributed by atoms with Crippen molar-refractivity contribution in [1.82, 2.24) is 9.80 Å². The number of carbonyl (C=O) groups is 3. The normalized spacial score (nSPS) is 29.8. The zero-order valence-electron chi connectivity index (χ0n) is 11.7. The van der Waals surface area contributed by atoms with E-state index in [2.05, 4.69) is 0 Å². The van der Waals surface area contributed by atoms with Gasteiger partial charge in [-0.1, -0.05) is 0 Å². The minimum Gasteiger partial charge on any atom is -0.481 e. The van der Waals surface area contributed by atoms with Gasteiger partial charge in [-0.25, -0.2) is 4.79 Å². The Morgan fingerprint density at radius 3 is 2.60 bits per heavy atom. The minimum absolute atomic E-state index is 0.0212. The molecule has 3 N–H and O–H groups in total. The first-order chi connectivity index (χ1) is 9.33. The summed E-state index contributed by atoms with van der Waals surface area (Å²) in [6.45, 7) is 3.16. The summed E-state index contributed by atoms with van der Waals surface area (Å²) in [7, 11) is 0. The summed E-state index contributed by atoms with van der Waals surface area (Å²) in [4.78, 5) is 37.9. The highest BCUT2D eigenvalue weighted by molar-refractivity contribution is 5.83. The van der Waals surface area contributed by atoms with Gasteiger partial charge < -0.3 is 20.6 Å². The lowest BCUT2D eigenvalue weighted by molar-refractivity contribution is -0.138. The molecule has 0 aromatic heterocycles. The topological polar surface area (TPSA) is 104 Å². The molecule has 2 aliphatic rings. The van der Waals surface area contributed by atoms with Gasteiger partial charge in [-0.05, 0) is 26.2 Å². The number of primary amides is 1. The molecular formula is C13H21N3O4. The van der Waals surface area contributed by atoms with Crippen molar-refractivity contribution in [3.63, 3.8) is 0 Å². The monoisotopic (exact) mass is 283 g/mol. The highest BCUT2D eigenvalue weighted by Gasteiger charge is 2.43. The molecule has 2 atom stereocenters. The summed E-state index contributed by atoms with van der Waals surface area (Å²) in [5, 5.41) is 8.88. The molecule has 2 saturated heterocycles. The van der Waals surface area contributed by atoms with Gasteiger partial charge in [0, 0.05) is 25.7 Å². The molecule has 2 unspecified atom stereocenters. The first-order valence-electron chi connectivity index (χ1n) is 6.91. The van der Waals surface area contributed by atoms with Crippen molar-refractivity contribution in [3.05, 3.63) is 0 Å². The average molecular weight is 283 g/mol. The minimum atomic E-state index is -0.891. The van der Waals surface area contributed by atoms with Crippen LogP contribution in [0.1, 0.15) is 32.6 Å². The van der Waals surface area contributed by atoms with Crippen LogP contribution in [0.2, 0.25) is 0 Å². The largest absolute Gasteiger partial charge is 0.481 e. The van der Waals surface area contributed by atoms with E-state index < -0.39 is 17.3 Å². The highest BCUT2D eigenvalue weighted by Crippen LogP contribution is 2.31. The number of carbonyl (C=O) groups excluding carboxylic acids is 2. The molecule has 112 valence electrons. The smallest absolute Gasteiger partial charge is 0.320 e. The van der Waals surface area contributed by atoms with E-state index in [9.17, 15) is 14.4 Å². The molecule has 0 aromatic rings. The molecule has 0 bridgehead atoms. The molecule has 0 aromatic carbocycles. The lowest BCUT2D eigenvalue weighted by Crippen LogP contribution is -2.46. The molecule has 20 heavy (non-hydrogen) atoms. The Labute approximate surface area is 117 Å². The van der Waals surface area contributed by atoms with Gasteiger partial charge in [0.2, 0.25) is 5.91 Å². The number of carboxylic acid groups (broad SMARTS) is 1. The van der Waals surface area contributed by atoms with E-state index in [1.165, 1.54) is 0 Å². The van der Waals surface area contributed by atoms with E-state index in [1.807, 2.05) is 0 Å². The number of likely N-dealkylation sites (tertiary alicyclic amines) is 2. The maximum absolute atomic E-state index is 12.5. The highest BCUT2D eigenvalue weighted by atomic mass is 16.4. The SMILES string of the molecule is CC1(C(N)=O)CCN(C(=O)N2CCCC2CC(=O)O)C1. The average Bonchev–Trinajstić information content (AvgIpc) is 2.95. The van der Waals surface area contributed by atoms with E-state index in [0.29, 0.717) is 26.1 Å². The summed E-state index contributed by atoms with van der Waals surface area (Å²) in [6.07, 6.45) is 2.09. The summed E-state index contributed by atoms with van der Waals surface area (Å²) in [6, 6.07) is -0.404. The van der Waals surface area contributed by atoms with Gasteiger partial charge >= 0.3 is 12.0 Å². The Kier molecular flexibility index (Phi) is 3.87. The van der Waals surface area contributed by atoms with Gasteiger partial charge in [-0.15, -0.1) is 0 Å². The molecule has 2 heterocycles. The van der Waals surface area contributed by atoms with Crippen LogP contribution in [0.3, 0.4) is 0 Å². The quantitative estimate of drug-likeness (QED) is 0.774. The van der Waals surface area contributed by atoms with Crippen LogP contribution in [-0.4, -0.2) is 58.5 Å². The van der Waals surface area contributed by atoms with Gasteiger partial charge in [0.15, 0.2) is 0 Å². The third kappa shape index (κ3) is 2.71. The van der Waals surface area contributed by atoms with E-state index in [0.717, 1.165) is 12.8 Å². The molecule has 7 heteroatoms. The number of carboxylic acids is 1. The van der Waals surface area contributed by atoms with Gasteiger partial charge in [0.25, 0.3) is 0 Å². The predicted octanol–water partition coefficient (Wildman–Crippen LogP) is 0.243. The Bertz CT molecular complexity index is 439. The summed E-state index contributed by atoms with van der Waals surface area (Å²) >= 11 is 0. The Morgan fingerprint density at radius 1 is 1.35 bits per heavy atom. The molecule has 2 fully saturated rings. The van der Waals surface area contributed by atoms with E-state index in [-0.39, 0.29) is 18.5 Å². The van der Waals surface area contributed by atoms with Crippen LogP contribution in [0.5, 0.6) is 0 Å². The fraction of sp³-hybridized carbons (Fsp3) is 0.769. The van der Waals surface area contributed by atoms with E-state index >= 15 is 0 Å². The second-order valence-corrected chi connectivity index (χ2v) is 5.97. The molecule has 7 nitrogen and oxygen atoms in total. The second-order valence-electron chi connectivity index (χ2n) is 5.97. The zero-order chi connectivity index (χ0) is 14.9. The van der Waals surface area contributed by atoms with Crippen molar-refractivity contribution >= 4 is 17.9 Å². The number of nitrogens with two attached hydrogens (primary N) is 1. The van der Waals surface area contributed by atoms with Gasteiger partial charge in [0.05, 0.1) is 11.8 Å². The maximum Gasteiger partial charge on any atom is 0.320 e. The van der Waals surface area contributed by atoms with Crippen LogP contribution in [0.15, 0.2) is 0 Å². The van der Waals surface area contributed by atoms with Gasteiger partial charge in [0.1, 0.15) is 0 Å². The van der Waals surface area contributed by atoms with Crippen molar-refractivity contribution in [2.75, 3.05) is 19.6 Å². The first-order valence-corrected chi connectivity index (χ1v) is 6.91.